The van der Waals surface area contributed by atoms with Crippen molar-refractivity contribution in [2.75, 3.05) is 0 Å². The molecule has 2 aromatic rings. The van der Waals surface area contributed by atoms with Crippen LogP contribution in [-0.2, 0) is 0 Å². The highest BCUT2D eigenvalue weighted by atomic mass is 35.5. The maximum absolute atomic E-state index is 11.3. The van der Waals surface area contributed by atoms with Crippen LogP contribution in [0.15, 0.2) is 30.3 Å². The van der Waals surface area contributed by atoms with Crippen LogP contribution in [0.5, 0.6) is 0 Å². The van der Waals surface area contributed by atoms with Crippen molar-refractivity contribution in [1.82, 2.24) is 4.98 Å². The molecular weight excluding hydrogens is 250 g/mol. The molecule has 1 aromatic carbocycles. The van der Waals surface area contributed by atoms with Gasteiger partial charge in [0.2, 0.25) is 0 Å². The number of halogens is 1. The lowest BCUT2D eigenvalue weighted by Gasteiger charge is -2.10. The Hall–Kier alpha value is -1.87. The van der Waals surface area contributed by atoms with E-state index in [2.05, 4.69) is 4.98 Å². The summed E-state index contributed by atoms with van der Waals surface area (Å²) in [5.41, 5.74) is 2.95. The van der Waals surface area contributed by atoms with Crippen LogP contribution in [0.3, 0.4) is 0 Å². The first-order valence-electron chi connectivity index (χ1n) is 5.46. The van der Waals surface area contributed by atoms with Gasteiger partial charge in [-0.05, 0) is 43.2 Å². The summed E-state index contributed by atoms with van der Waals surface area (Å²) in [6.45, 7) is 3.54. The van der Waals surface area contributed by atoms with Crippen molar-refractivity contribution in [3.63, 3.8) is 0 Å². The lowest BCUT2D eigenvalue weighted by atomic mass is 9.98. The number of aryl methyl sites for hydroxylation is 2. The van der Waals surface area contributed by atoms with E-state index in [4.69, 9.17) is 11.6 Å². The zero-order valence-electron chi connectivity index (χ0n) is 10.1. The molecule has 4 heteroatoms. The van der Waals surface area contributed by atoms with Gasteiger partial charge in [0.05, 0.1) is 11.3 Å². The Labute approximate surface area is 110 Å². The topological polar surface area (TPSA) is 50.2 Å². The molecular formula is C14H12ClNO2. The van der Waals surface area contributed by atoms with E-state index < -0.39 is 5.97 Å². The number of benzene rings is 1. The lowest BCUT2D eigenvalue weighted by Crippen LogP contribution is -2.05. The summed E-state index contributed by atoms with van der Waals surface area (Å²) in [7, 11) is 0. The minimum absolute atomic E-state index is 0.225. The van der Waals surface area contributed by atoms with Crippen LogP contribution in [-0.4, -0.2) is 16.1 Å². The Morgan fingerprint density at radius 3 is 2.61 bits per heavy atom. The summed E-state index contributed by atoms with van der Waals surface area (Å²) in [6.07, 6.45) is 0. The van der Waals surface area contributed by atoms with Crippen LogP contribution in [0.25, 0.3) is 11.1 Å². The smallest absolute Gasteiger partial charge is 0.338 e. The quantitative estimate of drug-likeness (QED) is 0.896. The average molecular weight is 262 g/mol. The fourth-order valence-electron chi connectivity index (χ4n) is 1.98. The highest BCUT2D eigenvalue weighted by molar-refractivity contribution is 6.30. The molecule has 0 unspecified atom stereocenters. The minimum Gasteiger partial charge on any atom is -0.478 e. The van der Waals surface area contributed by atoms with Crippen LogP contribution in [0, 0.1) is 13.8 Å². The SMILES string of the molecule is Cc1cc(-c2cccc(Cl)c2)c(C(=O)O)c(C)n1. The fourth-order valence-corrected chi connectivity index (χ4v) is 2.17. The second kappa shape index (κ2) is 4.78. The van der Waals surface area contributed by atoms with Crippen LogP contribution >= 0.6 is 11.6 Å². The van der Waals surface area contributed by atoms with E-state index in [1.54, 1.807) is 31.2 Å². The molecule has 0 aliphatic carbocycles. The number of nitrogens with zero attached hydrogens (tertiary/aromatic N) is 1. The zero-order chi connectivity index (χ0) is 13.3. The minimum atomic E-state index is -0.977. The summed E-state index contributed by atoms with van der Waals surface area (Å²) in [5.74, 6) is -0.977. The largest absolute Gasteiger partial charge is 0.478 e. The Balaban J connectivity index is 2.73. The van der Waals surface area contributed by atoms with Crippen LogP contribution in [0.2, 0.25) is 5.02 Å². The fraction of sp³-hybridized carbons (Fsp3) is 0.143. The van der Waals surface area contributed by atoms with E-state index in [0.717, 1.165) is 11.3 Å². The van der Waals surface area contributed by atoms with Crippen molar-refractivity contribution in [2.24, 2.45) is 0 Å². The van der Waals surface area contributed by atoms with Crippen molar-refractivity contribution in [2.45, 2.75) is 13.8 Å². The number of pyridine rings is 1. The molecule has 0 fully saturated rings. The molecule has 18 heavy (non-hydrogen) atoms. The number of carboxylic acid groups (broad SMARTS) is 1. The average Bonchev–Trinajstić information content (AvgIpc) is 2.27. The van der Waals surface area contributed by atoms with E-state index in [0.29, 0.717) is 16.3 Å². The van der Waals surface area contributed by atoms with E-state index >= 15 is 0 Å². The second-order valence-electron chi connectivity index (χ2n) is 4.09. The first-order chi connectivity index (χ1) is 8.49. The van der Waals surface area contributed by atoms with Gasteiger partial charge in [-0.15, -0.1) is 0 Å². The number of aromatic carboxylic acids is 1. The van der Waals surface area contributed by atoms with Crippen molar-refractivity contribution in [1.29, 1.82) is 0 Å². The van der Waals surface area contributed by atoms with E-state index in [1.807, 2.05) is 13.0 Å². The van der Waals surface area contributed by atoms with E-state index in [9.17, 15) is 9.90 Å². The van der Waals surface area contributed by atoms with Crippen molar-refractivity contribution >= 4 is 17.6 Å². The van der Waals surface area contributed by atoms with Crippen molar-refractivity contribution in [3.05, 3.63) is 52.3 Å². The van der Waals surface area contributed by atoms with Gasteiger partial charge < -0.3 is 5.11 Å². The summed E-state index contributed by atoms with van der Waals surface area (Å²) in [5, 5.41) is 9.87. The summed E-state index contributed by atoms with van der Waals surface area (Å²) < 4.78 is 0. The van der Waals surface area contributed by atoms with Crippen LogP contribution in [0.1, 0.15) is 21.7 Å². The Kier molecular flexibility index (Phi) is 3.34. The third kappa shape index (κ3) is 2.36. The summed E-state index contributed by atoms with van der Waals surface area (Å²) >= 11 is 5.94. The molecule has 0 spiro atoms. The third-order valence-corrected chi connectivity index (χ3v) is 2.91. The van der Waals surface area contributed by atoms with Gasteiger partial charge in [-0.2, -0.15) is 0 Å². The number of hydrogen-bond acceptors (Lipinski definition) is 2. The lowest BCUT2D eigenvalue weighted by molar-refractivity contribution is 0.0696. The predicted octanol–water partition coefficient (Wildman–Crippen LogP) is 3.72. The molecule has 1 N–H and O–H groups in total. The van der Waals surface area contributed by atoms with Gasteiger partial charge in [-0.25, -0.2) is 4.79 Å². The van der Waals surface area contributed by atoms with Gasteiger partial charge in [-0.3, -0.25) is 4.98 Å². The molecule has 0 amide bonds. The van der Waals surface area contributed by atoms with Crippen LogP contribution in [0.4, 0.5) is 0 Å². The van der Waals surface area contributed by atoms with Gasteiger partial charge >= 0.3 is 5.97 Å². The normalized spacial score (nSPS) is 10.4. The molecule has 0 atom stereocenters. The molecule has 2 rings (SSSR count). The van der Waals surface area contributed by atoms with Gasteiger partial charge in [0.1, 0.15) is 0 Å². The number of aromatic nitrogens is 1. The number of carboxylic acids is 1. The molecule has 1 aromatic heterocycles. The highest BCUT2D eigenvalue weighted by Crippen LogP contribution is 2.28. The molecule has 0 radical (unpaired) electrons. The predicted molar refractivity (Wildman–Crippen MR) is 71.1 cm³/mol. The van der Waals surface area contributed by atoms with Crippen LogP contribution < -0.4 is 0 Å². The van der Waals surface area contributed by atoms with Gasteiger partial charge in [-0.1, -0.05) is 23.7 Å². The Morgan fingerprint density at radius 2 is 2.00 bits per heavy atom. The molecule has 0 aliphatic rings. The molecule has 0 aliphatic heterocycles. The maximum atomic E-state index is 11.3. The maximum Gasteiger partial charge on any atom is 0.338 e. The molecule has 0 saturated heterocycles. The molecule has 0 saturated carbocycles. The highest BCUT2D eigenvalue weighted by Gasteiger charge is 2.16. The summed E-state index contributed by atoms with van der Waals surface area (Å²) in [4.78, 5) is 15.5. The molecule has 1 heterocycles. The van der Waals surface area contributed by atoms with Gasteiger partial charge in [0, 0.05) is 10.7 Å². The first-order valence-corrected chi connectivity index (χ1v) is 5.84. The van der Waals surface area contributed by atoms with Gasteiger partial charge in [0.15, 0.2) is 0 Å². The zero-order valence-corrected chi connectivity index (χ0v) is 10.8. The Bertz CT molecular complexity index is 623. The van der Waals surface area contributed by atoms with E-state index in [1.165, 1.54) is 0 Å². The standard InChI is InChI=1S/C14H12ClNO2/c1-8-6-12(10-4-3-5-11(15)7-10)13(14(17)18)9(2)16-8/h3-7H,1-2H3,(H,17,18). The second-order valence-corrected chi connectivity index (χ2v) is 4.52. The molecule has 0 bridgehead atoms. The van der Waals surface area contributed by atoms with Crippen molar-refractivity contribution in [3.8, 4) is 11.1 Å². The first kappa shape index (κ1) is 12.6. The summed E-state index contributed by atoms with van der Waals surface area (Å²) in [6, 6.07) is 8.91. The van der Waals surface area contributed by atoms with E-state index in [-0.39, 0.29) is 5.56 Å². The molecule has 3 nitrogen and oxygen atoms in total. The number of carbonyl (C=O) groups is 1. The Morgan fingerprint density at radius 1 is 1.28 bits per heavy atom. The van der Waals surface area contributed by atoms with Crippen molar-refractivity contribution < 1.29 is 9.90 Å². The number of rotatable bonds is 2. The number of hydrogen-bond donors (Lipinski definition) is 1. The monoisotopic (exact) mass is 261 g/mol. The molecule has 92 valence electrons. The third-order valence-electron chi connectivity index (χ3n) is 2.68. The van der Waals surface area contributed by atoms with Gasteiger partial charge in [0.25, 0.3) is 0 Å².